The summed E-state index contributed by atoms with van der Waals surface area (Å²) in [6.07, 6.45) is 67.8. The van der Waals surface area contributed by atoms with Crippen LogP contribution in [0.15, 0.2) is 60.8 Å². The van der Waals surface area contributed by atoms with Gasteiger partial charge in [-0.25, -0.2) is 0 Å². The first-order valence-corrected chi connectivity index (χ1v) is 28.3. The molecular weight excluding hydrogens is 817 g/mol. The number of carbonyl (C=O) groups excluding carboxylic acids is 3. The molecule has 1 atom stereocenters. The second-order valence-corrected chi connectivity index (χ2v) is 18.8. The van der Waals surface area contributed by atoms with E-state index in [1.54, 1.807) is 0 Å². The Morgan fingerprint density at radius 2 is 0.591 bits per heavy atom. The van der Waals surface area contributed by atoms with Crippen molar-refractivity contribution < 1.29 is 28.6 Å². The van der Waals surface area contributed by atoms with Crippen LogP contribution in [0.3, 0.4) is 0 Å². The molecule has 0 heterocycles. The minimum atomic E-state index is -0.786. The maximum atomic E-state index is 12.8. The van der Waals surface area contributed by atoms with Crippen LogP contribution >= 0.6 is 0 Å². The van der Waals surface area contributed by atoms with Crippen molar-refractivity contribution in [2.24, 2.45) is 0 Å². The van der Waals surface area contributed by atoms with Crippen LogP contribution in [0.4, 0.5) is 0 Å². The van der Waals surface area contributed by atoms with E-state index in [0.29, 0.717) is 19.3 Å². The Labute approximate surface area is 409 Å². The number of allylic oxidation sites excluding steroid dienone is 10. The van der Waals surface area contributed by atoms with Crippen molar-refractivity contribution in [1.29, 1.82) is 0 Å². The van der Waals surface area contributed by atoms with Crippen molar-refractivity contribution in [1.82, 2.24) is 0 Å². The van der Waals surface area contributed by atoms with Crippen molar-refractivity contribution in [3.8, 4) is 0 Å². The number of hydrogen-bond acceptors (Lipinski definition) is 6. The lowest BCUT2D eigenvalue weighted by molar-refractivity contribution is -0.167. The van der Waals surface area contributed by atoms with Gasteiger partial charge in [0.15, 0.2) is 6.10 Å². The Bertz CT molecular complexity index is 1200. The molecule has 0 aromatic carbocycles. The fourth-order valence-electron chi connectivity index (χ4n) is 8.02. The zero-order valence-corrected chi connectivity index (χ0v) is 43.7. The van der Waals surface area contributed by atoms with Gasteiger partial charge in [0.2, 0.25) is 0 Å². The van der Waals surface area contributed by atoms with Crippen LogP contribution in [0.1, 0.15) is 284 Å². The first kappa shape index (κ1) is 63.1. The minimum absolute atomic E-state index is 0.0824. The maximum Gasteiger partial charge on any atom is 0.306 e. The Hall–Kier alpha value is -2.89. The van der Waals surface area contributed by atoms with Crippen molar-refractivity contribution in [3.05, 3.63) is 60.8 Å². The summed E-state index contributed by atoms with van der Waals surface area (Å²) in [5.74, 6) is -0.898. The summed E-state index contributed by atoms with van der Waals surface area (Å²) in [6.45, 7) is 6.52. The minimum Gasteiger partial charge on any atom is -0.462 e. The van der Waals surface area contributed by atoms with E-state index in [0.717, 1.165) is 96.3 Å². The summed E-state index contributed by atoms with van der Waals surface area (Å²) in [4.78, 5) is 38.1. The molecule has 0 amide bonds. The summed E-state index contributed by atoms with van der Waals surface area (Å²) in [5.41, 5.74) is 0. The molecule has 0 aromatic rings. The smallest absolute Gasteiger partial charge is 0.306 e. The normalized spacial score (nSPS) is 12.5. The van der Waals surface area contributed by atoms with Gasteiger partial charge in [0.25, 0.3) is 0 Å². The molecule has 0 rings (SSSR count). The third-order valence-corrected chi connectivity index (χ3v) is 12.3. The van der Waals surface area contributed by atoms with Crippen molar-refractivity contribution in [2.75, 3.05) is 13.2 Å². The first-order valence-electron chi connectivity index (χ1n) is 28.3. The zero-order chi connectivity index (χ0) is 47.9. The van der Waals surface area contributed by atoms with Gasteiger partial charge in [-0.2, -0.15) is 0 Å². The van der Waals surface area contributed by atoms with E-state index >= 15 is 0 Å². The van der Waals surface area contributed by atoms with Crippen molar-refractivity contribution in [2.45, 2.75) is 290 Å². The number of rotatable bonds is 51. The predicted molar refractivity (Wildman–Crippen MR) is 284 cm³/mol. The van der Waals surface area contributed by atoms with Gasteiger partial charge in [-0.15, -0.1) is 0 Å². The van der Waals surface area contributed by atoms with E-state index < -0.39 is 6.10 Å². The second kappa shape index (κ2) is 54.7. The lowest BCUT2D eigenvalue weighted by Gasteiger charge is -2.18. The number of esters is 3. The molecule has 0 aliphatic heterocycles. The quantitative estimate of drug-likeness (QED) is 0.0262. The Morgan fingerprint density at radius 1 is 0.318 bits per heavy atom. The lowest BCUT2D eigenvalue weighted by atomic mass is 10.0. The molecule has 0 saturated carbocycles. The Kier molecular flexibility index (Phi) is 52.3. The molecule has 0 fully saturated rings. The molecule has 0 bridgehead atoms. The van der Waals surface area contributed by atoms with Gasteiger partial charge >= 0.3 is 17.9 Å². The highest BCUT2D eigenvalue weighted by atomic mass is 16.6. The third-order valence-electron chi connectivity index (χ3n) is 12.3. The van der Waals surface area contributed by atoms with Gasteiger partial charge in [0.05, 0.1) is 0 Å². The molecule has 0 aliphatic rings. The van der Waals surface area contributed by atoms with Crippen LogP contribution in [0.25, 0.3) is 0 Å². The summed E-state index contributed by atoms with van der Waals surface area (Å²) in [5, 5.41) is 0. The van der Waals surface area contributed by atoms with E-state index in [4.69, 9.17) is 14.2 Å². The molecule has 0 unspecified atom stereocenters. The number of unbranched alkanes of at least 4 members (excludes halogenated alkanes) is 30. The van der Waals surface area contributed by atoms with Gasteiger partial charge in [0.1, 0.15) is 13.2 Å². The lowest BCUT2D eigenvalue weighted by Crippen LogP contribution is -2.30. The molecule has 0 spiro atoms. The fraction of sp³-hybridized carbons (Fsp3) is 0.783. The van der Waals surface area contributed by atoms with Gasteiger partial charge in [-0.05, 0) is 83.5 Å². The molecule has 382 valence electrons. The molecule has 66 heavy (non-hydrogen) atoms. The molecule has 0 aromatic heterocycles. The summed E-state index contributed by atoms with van der Waals surface area (Å²) in [7, 11) is 0. The Balaban J connectivity index is 4.37. The number of ether oxygens (including phenoxy) is 3. The van der Waals surface area contributed by atoms with E-state index in [9.17, 15) is 14.4 Å². The molecule has 6 heteroatoms. The maximum absolute atomic E-state index is 12.8. The standard InChI is InChI=1S/C60H106O6/c1-4-7-10-13-16-19-22-25-27-29-30-32-33-35-38-41-44-47-50-53-59(62)65-56-57(55-64-58(61)52-49-46-43-40-37-24-21-18-15-12-9-6-3)66-60(63)54-51-48-45-42-39-36-34-31-28-26-23-20-17-14-11-8-5-2/h8,11,17,20,25-28,34,36,57H,4-7,9-10,12-16,18-19,21-24,29-33,35,37-56H2,1-3H3/b11-8-,20-17-,27-25-,28-26-,36-34-/t57-/m0/s1. The van der Waals surface area contributed by atoms with Crippen molar-refractivity contribution >= 4 is 17.9 Å². The van der Waals surface area contributed by atoms with E-state index in [1.165, 1.54) is 148 Å². The van der Waals surface area contributed by atoms with Crippen LogP contribution in [0, 0.1) is 0 Å². The summed E-state index contributed by atoms with van der Waals surface area (Å²) >= 11 is 0. The number of hydrogen-bond donors (Lipinski definition) is 0. The SMILES string of the molecule is CC/C=C\C/C=C\C/C=C\C/C=C\CCCCCCC(=O)O[C@H](COC(=O)CCCCCCCCCCC/C=C\CCCCCCCC)COC(=O)CCCCCCCCCCCCCC. The highest BCUT2D eigenvalue weighted by molar-refractivity contribution is 5.71. The monoisotopic (exact) mass is 923 g/mol. The molecule has 6 nitrogen and oxygen atoms in total. The van der Waals surface area contributed by atoms with Crippen LogP contribution in [-0.4, -0.2) is 37.2 Å². The first-order chi connectivity index (χ1) is 32.5. The largest absolute Gasteiger partial charge is 0.462 e. The molecule has 0 saturated heterocycles. The molecule has 0 N–H and O–H groups in total. The zero-order valence-electron chi connectivity index (χ0n) is 43.7. The summed E-state index contributed by atoms with van der Waals surface area (Å²) in [6, 6.07) is 0. The second-order valence-electron chi connectivity index (χ2n) is 18.8. The molecule has 0 radical (unpaired) electrons. The van der Waals surface area contributed by atoms with Gasteiger partial charge in [0, 0.05) is 19.3 Å². The van der Waals surface area contributed by atoms with E-state index in [-0.39, 0.29) is 31.1 Å². The third kappa shape index (κ3) is 52.1. The van der Waals surface area contributed by atoms with Crippen molar-refractivity contribution in [3.63, 3.8) is 0 Å². The van der Waals surface area contributed by atoms with Gasteiger partial charge < -0.3 is 14.2 Å². The van der Waals surface area contributed by atoms with Crippen LogP contribution < -0.4 is 0 Å². The van der Waals surface area contributed by atoms with Crippen LogP contribution in [0.2, 0.25) is 0 Å². The number of carbonyl (C=O) groups is 3. The molecular formula is C60H106O6. The van der Waals surface area contributed by atoms with E-state index in [1.807, 2.05) is 0 Å². The van der Waals surface area contributed by atoms with E-state index in [2.05, 4.69) is 81.5 Å². The molecule has 0 aliphatic carbocycles. The van der Waals surface area contributed by atoms with Gasteiger partial charge in [-0.3, -0.25) is 14.4 Å². The highest BCUT2D eigenvalue weighted by Crippen LogP contribution is 2.16. The average molecular weight is 924 g/mol. The van der Waals surface area contributed by atoms with Crippen LogP contribution in [0.5, 0.6) is 0 Å². The topological polar surface area (TPSA) is 78.9 Å². The Morgan fingerprint density at radius 3 is 0.939 bits per heavy atom. The van der Waals surface area contributed by atoms with Crippen LogP contribution in [-0.2, 0) is 28.6 Å². The predicted octanol–water partition coefficient (Wildman–Crippen LogP) is 18.8. The fourth-order valence-corrected chi connectivity index (χ4v) is 8.02. The van der Waals surface area contributed by atoms with Gasteiger partial charge in [-0.1, -0.05) is 242 Å². The summed E-state index contributed by atoms with van der Waals surface area (Å²) < 4.78 is 16.8. The average Bonchev–Trinajstić information content (AvgIpc) is 3.31. The highest BCUT2D eigenvalue weighted by Gasteiger charge is 2.19.